The van der Waals surface area contributed by atoms with E-state index in [-0.39, 0.29) is 0 Å². The van der Waals surface area contributed by atoms with E-state index in [0.717, 1.165) is 5.75 Å². The Labute approximate surface area is 84.0 Å². The van der Waals surface area contributed by atoms with Crippen LogP contribution >= 0.6 is 12.6 Å². The highest BCUT2D eigenvalue weighted by Gasteiger charge is 2.01. The molecule has 13 heavy (non-hydrogen) atoms. The Bertz CT molecular complexity index is 246. The molecule has 0 aliphatic heterocycles. The molecule has 3 heteroatoms. The average Bonchev–Trinajstić information content (AvgIpc) is 2.16. The van der Waals surface area contributed by atoms with Gasteiger partial charge in [0.1, 0.15) is 12.4 Å². The summed E-state index contributed by atoms with van der Waals surface area (Å²) in [6.07, 6.45) is -0.496. The third kappa shape index (κ3) is 3.70. The van der Waals surface area contributed by atoms with E-state index in [1.807, 2.05) is 31.2 Å². The van der Waals surface area contributed by atoms with Crippen molar-refractivity contribution < 1.29 is 9.84 Å². The molecule has 0 saturated carbocycles. The highest BCUT2D eigenvalue weighted by Crippen LogP contribution is 2.11. The fourth-order valence-corrected chi connectivity index (χ4v) is 0.985. The molecule has 1 aromatic carbocycles. The summed E-state index contributed by atoms with van der Waals surface area (Å²) in [7, 11) is 0. The van der Waals surface area contributed by atoms with Gasteiger partial charge in [-0.3, -0.25) is 0 Å². The second-order valence-corrected chi connectivity index (χ2v) is 3.33. The molecule has 72 valence electrons. The van der Waals surface area contributed by atoms with E-state index < -0.39 is 6.10 Å². The Hall–Kier alpha value is -0.670. The molecule has 0 aromatic heterocycles. The molecule has 1 rings (SSSR count). The van der Waals surface area contributed by atoms with E-state index >= 15 is 0 Å². The maximum atomic E-state index is 9.17. The van der Waals surface area contributed by atoms with Gasteiger partial charge in [-0.25, -0.2) is 0 Å². The quantitative estimate of drug-likeness (QED) is 0.721. The number of aliphatic hydroxyl groups excluding tert-OH is 1. The van der Waals surface area contributed by atoms with Crippen LogP contribution in [0, 0.1) is 6.92 Å². The second-order valence-electron chi connectivity index (χ2n) is 2.96. The summed E-state index contributed by atoms with van der Waals surface area (Å²) in [5, 5.41) is 9.17. The minimum Gasteiger partial charge on any atom is -0.491 e. The van der Waals surface area contributed by atoms with Crippen molar-refractivity contribution in [2.75, 3.05) is 12.4 Å². The molecule has 1 aromatic rings. The number of rotatable bonds is 4. The molecular weight excluding hydrogens is 184 g/mol. The van der Waals surface area contributed by atoms with Crippen LogP contribution in [-0.4, -0.2) is 23.6 Å². The number of benzene rings is 1. The third-order valence-corrected chi connectivity index (χ3v) is 2.10. The van der Waals surface area contributed by atoms with Gasteiger partial charge in [0.15, 0.2) is 0 Å². The van der Waals surface area contributed by atoms with Crippen LogP contribution in [0.4, 0.5) is 0 Å². The van der Waals surface area contributed by atoms with Crippen LogP contribution in [0.25, 0.3) is 0 Å². The first kappa shape index (κ1) is 10.4. The van der Waals surface area contributed by atoms with Gasteiger partial charge >= 0.3 is 0 Å². The number of hydrogen-bond acceptors (Lipinski definition) is 3. The molecule has 0 bridgehead atoms. The first-order valence-corrected chi connectivity index (χ1v) is 4.84. The van der Waals surface area contributed by atoms with Gasteiger partial charge < -0.3 is 9.84 Å². The number of hydrogen-bond donors (Lipinski definition) is 2. The van der Waals surface area contributed by atoms with Gasteiger partial charge in [-0.15, -0.1) is 0 Å². The molecule has 0 radical (unpaired) electrons. The summed E-state index contributed by atoms with van der Waals surface area (Å²) in [6, 6.07) is 7.73. The van der Waals surface area contributed by atoms with Gasteiger partial charge in [-0.2, -0.15) is 12.6 Å². The van der Waals surface area contributed by atoms with E-state index in [0.29, 0.717) is 12.4 Å². The molecule has 0 aliphatic carbocycles. The van der Waals surface area contributed by atoms with E-state index in [2.05, 4.69) is 12.6 Å². The van der Waals surface area contributed by atoms with Crippen molar-refractivity contribution >= 4 is 12.6 Å². The van der Waals surface area contributed by atoms with Crippen molar-refractivity contribution in [3.8, 4) is 5.75 Å². The number of ether oxygens (including phenoxy) is 1. The van der Waals surface area contributed by atoms with Crippen LogP contribution in [0.1, 0.15) is 5.56 Å². The fraction of sp³-hybridized carbons (Fsp3) is 0.400. The molecule has 0 spiro atoms. The molecule has 0 fully saturated rings. The topological polar surface area (TPSA) is 29.5 Å². The summed E-state index contributed by atoms with van der Waals surface area (Å²) in [5.41, 5.74) is 1.20. The molecular formula is C10H14O2S. The Morgan fingerprint density at radius 2 is 2.00 bits per heavy atom. The third-order valence-electron chi connectivity index (χ3n) is 1.67. The largest absolute Gasteiger partial charge is 0.491 e. The van der Waals surface area contributed by atoms with E-state index in [9.17, 15) is 5.11 Å². The zero-order valence-electron chi connectivity index (χ0n) is 7.60. The van der Waals surface area contributed by atoms with Crippen molar-refractivity contribution in [3.05, 3.63) is 29.8 Å². The lowest BCUT2D eigenvalue weighted by molar-refractivity contribution is 0.126. The minimum absolute atomic E-state index is 0.298. The van der Waals surface area contributed by atoms with Crippen molar-refractivity contribution in [1.29, 1.82) is 0 Å². The number of aryl methyl sites for hydroxylation is 1. The summed E-state index contributed by atoms with van der Waals surface area (Å²) >= 11 is 3.95. The van der Waals surface area contributed by atoms with Gasteiger partial charge in [0.25, 0.3) is 0 Å². The Balaban J connectivity index is 2.41. The number of thiol groups is 1. The van der Waals surface area contributed by atoms with Gasteiger partial charge in [0, 0.05) is 5.75 Å². The summed E-state index contributed by atoms with van der Waals surface area (Å²) in [6.45, 7) is 2.32. The first-order chi connectivity index (χ1) is 6.22. The second kappa shape index (κ2) is 5.14. The monoisotopic (exact) mass is 198 g/mol. The lowest BCUT2D eigenvalue weighted by atomic mass is 10.2. The molecule has 2 nitrogen and oxygen atoms in total. The highest BCUT2D eigenvalue weighted by molar-refractivity contribution is 7.80. The molecule has 1 atom stereocenters. The Morgan fingerprint density at radius 1 is 1.38 bits per heavy atom. The van der Waals surface area contributed by atoms with Crippen LogP contribution in [0.15, 0.2) is 24.3 Å². The molecule has 0 heterocycles. The first-order valence-electron chi connectivity index (χ1n) is 4.21. The SMILES string of the molecule is Cc1ccc(OCC(O)CS)cc1. The highest BCUT2D eigenvalue weighted by atomic mass is 32.1. The van der Waals surface area contributed by atoms with E-state index in [1.165, 1.54) is 5.56 Å². The maximum absolute atomic E-state index is 9.17. The smallest absolute Gasteiger partial charge is 0.119 e. The van der Waals surface area contributed by atoms with E-state index in [4.69, 9.17) is 4.74 Å². The average molecular weight is 198 g/mol. The van der Waals surface area contributed by atoms with Crippen LogP contribution in [-0.2, 0) is 0 Å². The van der Waals surface area contributed by atoms with Crippen molar-refractivity contribution in [1.82, 2.24) is 0 Å². The molecule has 0 saturated heterocycles. The summed E-state index contributed by atoms with van der Waals surface area (Å²) in [5.74, 6) is 1.21. The standard InChI is InChI=1S/C10H14O2S/c1-8-2-4-10(5-3-8)12-6-9(11)7-13/h2-5,9,11,13H,6-7H2,1H3. The predicted octanol–water partition coefficient (Wildman–Crippen LogP) is 1.66. The van der Waals surface area contributed by atoms with Crippen LogP contribution in [0.2, 0.25) is 0 Å². The van der Waals surface area contributed by atoms with Gasteiger partial charge in [0.2, 0.25) is 0 Å². The zero-order chi connectivity index (χ0) is 9.68. The van der Waals surface area contributed by atoms with Crippen molar-refractivity contribution in [2.24, 2.45) is 0 Å². The van der Waals surface area contributed by atoms with Crippen molar-refractivity contribution in [2.45, 2.75) is 13.0 Å². The van der Waals surface area contributed by atoms with Crippen LogP contribution in [0.3, 0.4) is 0 Å². The molecule has 0 aliphatic rings. The number of aliphatic hydroxyl groups is 1. The lowest BCUT2D eigenvalue weighted by Gasteiger charge is -2.09. The van der Waals surface area contributed by atoms with Gasteiger partial charge in [-0.05, 0) is 19.1 Å². The zero-order valence-corrected chi connectivity index (χ0v) is 8.50. The van der Waals surface area contributed by atoms with Gasteiger partial charge in [0.05, 0.1) is 6.10 Å². The molecule has 0 amide bonds. The maximum Gasteiger partial charge on any atom is 0.119 e. The predicted molar refractivity (Wildman–Crippen MR) is 56.5 cm³/mol. The Kier molecular flexibility index (Phi) is 4.12. The summed E-state index contributed by atoms with van der Waals surface area (Å²) < 4.78 is 5.31. The lowest BCUT2D eigenvalue weighted by Crippen LogP contribution is -2.18. The van der Waals surface area contributed by atoms with Crippen molar-refractivity contribution in [3.63, 3.8) is 0 Å². The van der Waals surface area contributed by atoms with Crippen LogP contribution in [0.5, 0.6) is 5.75 Å². The fourth-order valence-electron chi connectivity index (χ4n) is 0.880. The minimum atomic E-state index is -0.496. The normalized spacial score (nSPS) is 12.5. The molecule has 1 N–H and O–H groups in total. The Morgan fingerprint density at radius 3 is 2.54 bits per heavy atom. The molecule has 1 unspecified atom stereocenters. The summed E-state index contributed by atoms with van der Waals surface area (Å²) in [4.78, 5) is 0. The van der Waals surface area contributed by atoms with Gasteiger partial charge in [-0.1, -0.05) is 17.7 Å². The van der Waals surface area contributed by atoms with Crippen LogP contribution < -0.4 is 4.74 Å². The van der Waals surface area contributed by atoms with E-state index in [1.54, 1.807) is 0 Å².